The second-order valence-corrected chi connectivity index (χ2v) is 8.01. The minimum Gasteiger partial charge on any atom is -0.492 e. The fourth-order valence-corrected chi connectivity index (χ4v) is 4.88. The van der Waals surface area contributed by atoms with Crippen LogP contribution in [0.4, 0.5) is 4.39 Å². The number of thiazole rings is 1. The van der Waals surface area contributed by atoms with Gasteiger partial charge in [0.25, 0.3) is 5.91 Å². The quantitative estimate of drug-likeness (QED) is 0.539. The third kappa shape index (κ3) is 3.23. The van der Waals surface area contributed by atoms with E-state index < -0.39 is 0 Å². The molecule has 1 saturated heterocycles. The van der Waals surface area contributed by atoms with Gasteiger partial charge in [-0.2, -0.15) is 9.61 Å². The molecule has 0 spiro atoms. The van der Waals surface area contributed by atoms with Gasteiger partial charge in [0.15, 0.2) is 5.76 Å². The smallest absolute Gasteiger partial charge is 0.289 e. The van der Waals surface area contributed by atoms with Crippen LogP contribution in [-0.2, 0) is 0 Å². The van der Waals surface area contributed by atoms with E-state index in [2.05, 4.69) is 15.0 Å². The topological polar surface area (TPSA) is 87.1 Å². The highest BCUT2D eigenvalue weighted by molar-refractivity contribution is 7.17. The van der Waals surface area contributed by atoms with E-state index in [1.54, 1.807) is 29.2 Å². The minimum absolute atomic E-state index is 0.0240. The van der Waals surface area contributed by atoms with Crippen molar-refractivity contribution in [3.05, 3.63) is 71.0 Å². The lowest BCUT2D eigenvalue weighted by Crippen LogP contribution is -2.49. The maximum atomic E-state index is 13.5. The fourth-order valence-electron chi connectivity index (χ4n) is 3.78. The van der Waals surface area contributed by atoms with Crippen molar-refractivity contribution in [2.75, 3.05) is 26.2 Å². The summed E-state index contributed by atoms with van der Waals surface area (Å²) in [6.45, 7) is 2.20. The molecule has 154 valence electrons. The lowest BCUT2D eigenvalue weighted by Gasteiger charge is -2.38. The number of aromatic hydroxyl groups is 1. The van der Waals surface area contributed by atoms with Crippen molar-refractivity contribution < 1.29 is 18.7 Å². The molecule has 3 aromatic heterocycles. The number of fused-ring (bicyclic) bond motifs is 1. The summed E-state index contributed by atoms with van der Waals surface area (Å²) in [5.74, 6) is -0.115. The monoisotopic (exact) mass is 427 g/mol. The lowest BCUT2D eigenvalue weighted by atomic mass is 10.0. The summed E-state index contributed by atoms with van der Waals surface area (Å²) in [4.78, 5) is 21.9. The molecule has 4 aromatic rings. The first-order valence-electron chi connectivity index (χ1n) is 9.45. The van der Waals surface area contributed by atoms with E-state index in [-0.39, 0.29) is 23.6 Å². The fraction of sp³-hybridized carbons (Fsp3) is 0.250. The summed E-state index contributed by atoms with van der Waals surface area (Å²) in [7, 11) is 0. The van der Waals surface area contributed by atoms with E-state index in [9.17, 15) is 14.3 Å². The van der Waals surface area contributed by atoms with Crippen LogP contribution in [-0.4, -0.2) is 61.6 Å². The number of hydrogen-bond acceptors (Lipinski definition) is 7. The van der Waals surface area contributed by atoms with Crippen LogP contribution in [0.1, 0.15) is 27.0 Å². The molecule has 0 aliphatic carbocycles. The van der Waals surface area contributed by atoms with Gasteiger partial charge in [-0.05, 0) is 29.8 Å². The number of carbonyl (C=O) groups excluding carboxylic acids is 1. The molecular weight excluding hydrogens is 409 g/mol. The van der Waals surface area contributed by atoms with Gasteiger partial charge in [-0.25, -0.2) is 9.37 Å². The van der Waals surface area contributed by atoms with Crippen LogP contribution in [0.15, 0.2) is 53.4 Å². The molecule has 10 heteroatoms. The summed E-state index contributed by atoms with van der Waals surface area (Å²) in [6, 6.07) is 9.30. The van der Waals surface area contributed by atoms with Gasteiger partial charge in [0, 0.05) is 26.2 Å². The van der Waals surface area contributed by atoms with E-state index in [0.29, 0.717) is 41.8 Å². The number of carbonyl (C=O) groups is 1. The molecule has 1 aromatic carbocycles. The van der Waals surface area contributed by atoms with Crippen LogP contribution in [0, 0.1) is 5.82 Å². The largest absolute Gasteiger partial charge is 0.492 e. The Morgan fingerprint density at radius 2 is 1.93 bits per heavy atom. The van der Waals surface area contributed by atoms with Crippen molar-refractivity contribution >= 4 is 22.2 Å². The molecule has 1 aliphatic rings. The normalized spacial score (nSPS) is 16.2. The summed E-state index contributed by atoms with van der Waals surface area (Å²) in [5.41, 5.74) is 0.849. The maximum absolute atomic E-state index is 13.5. The number of aromatic nitrogens is 3. The number of furan rings is 1. The number of piperazine rings is 1. The number of amides is 1. The third-order valence-corrected chi connectivity index (χ3v) is 6.36. The number of halogens is 1. The Morgan fingerprint density at radius 1 is 1.17 bits per heavy atom. The second-order valence-electron chi connectivity index (χ2n) is 7.00. The van der Waals surface area contributed by atoms with Crippen LogP contribution in [0.25, 0.3) is 4.96 Å². The van der Waals surface area contributed by atoms with E-state index in [0.717, 1.165) is 5.56 Å². The van der Waals surface area contributed by atoms with Crippen molar-refractivity contribution in [2.45, 2.75) is 6.04 Å². The summed E-state index contributed by atoms with van der Waals surface area (Å²) in [6.07, 6.45) is 2.87. The highest BCUT2D eigenvalue weighted by Gasteiger charge is 2.33. The second kappa shape index (κ2) is 7.54. The first kappa shape index (κ1) is 18.8. The van der Waals surface area contributed by atoms with Crippen molar-refractivity contribution in [3.63, 3.8) is 0 Å². The van der Waals surface area contributed by atoms with E-state index >= 15 is 0 Å². The molecule has 1 amide bonds. The van der Waals surface area contributed by atoms with Crippen LogP contribution >= 0.6 is 11.3 Å². The Kier molecular flexibility index (Phi) is 4.72. The highest BCUT2D eigenvalue weighted by atomic mass is 32.1. The number of nitrogens with zero attached hydrogens (tertiary/aromatic N) is 5. The zero-order valence-corrected chi connectivity index (χ0v) is 16.6. The lowest BCUT2D eigenvalue weighted by molar-refractivity contribution is 0.0568. The maximum Gasteiger partial charge on any atom is 0.289 e. The average Bonchev–Trinajstić information content (AvgIpc) is 3.50. The minimum atomic E-state index is -0.321. The Hall–Kier alpha value is -3.24. The summed E-state index contributed by atoms with van der Waals surface area (Å²) >= 11 is 1.34. The Labute approximate surface area is 174 Å². The molecule has 0 radical (unpaired) electrons. The van der Waals surface area contributed by atoms with Crippen LogP contribution in [0.5, 0.6) is 5.88 Å². The Bertz CT molecular complexity index is 1160. The summed E-state index contributed by atoms with van der Waals surface area (Å²) in [5, 5.41) is 14.8. The molecular formula is C20H18FN5O3S. The Morgan fingerprint density at radius 3 is 2.60 bits per heavy atom. The van der Waals surface area contributed by atoms with Gasteiger partial charge in [-0.1, -0.05) is 23.5 Å². The van der Waals surface area contributed by atoms with Crippen molar-refractivity contribution in [1.82, 2.24) is 24.4 Å². The molecule has 4 heterocycles. The van der Waals surface area contributed by atoms with Crippen LogP contribution < -0.4 is 0 Å². The van der Waals surface area contributed by atoms with Gasteiger partial charge in [0.1, 0.15) is 12.1 Å². The Balaban J connectivity index is 1.44. The van der Waals surface area contributed by atoms with Gasteiger partial charge < -0.3 is 14.4 Å². The molecule has 0 unspecified atom stereocenters. The molecule has 30 heavy (non-hydrogen) atoms. The highest BCUT2D eigenvalue weighted by Crippen LogP contribution is 2.40. The van der Waals surface area contributed by atoms with Crippen molar-refractivity contribution in [2.24, 2.45) is 0 Å². The first-order valence-corrected chi connectivity index (χ1v) is 10.3. The van der Waals surface area contributed by atoms with Crippen LogP contribution in [0.2, 0.25) is 0 Å². The molecule has 1 fully saturated rings. The zero-order chi connectivity index (χ0) is 20.7. The van der Waals surface area contributed by atoms with E-state index in [4.69, 9.17) is 4.42 Å². The predicted octanol–water partition coefficient (Wildman–Crippen LogP) is 2.78. The SMILES string of the molecule is O=C(c1ccco1)N1CCN([C@@H](c2ccc(F)cc2)c2sc3ncnn3c2O)CC1. The summed E-state index contributed by atoms with van der Waals surface area (Å²) < 4.78 is 20.1. The number of benzene rings is 1. The van der Waals surface area contributed by atoms with Crippen molar-refractivity contribution in [3.8, 4) is 5.88 Å². The molecule has 1 N–H and O–H groups in total. The standard InChI is InChI=1S/C20H18FN5O3S/c21-14-5-3-13(4-6-14)16(17-19(28)26-20(30-17)22-12-23-26)24-7-9-25(10-8-24)18(27)15-2-1-11-29-15/h1-6,11-12,16,28H,7-10H2/t16-/m0/s1. The van der Waals surface area contributed by atoms with E-state index in [1.807, 2.05) is 0 Å². The molecule has 1 aliphatic heterocycles. The first-order chi connectivity index (χ1) is 14.6. The zero-order valence-electron chi connectivity index (χ0n) is 15.8. The third-order valence-electron chi connectivity index (χ3n) is 5.27. The molecule has 8 nitrogen and oxygen atoms in total. The van der Waals surface area contributed by atoms with Gasteiger partial charge in [0.2, 0.25) is 10.8 Å². The molecule has 0 saturated carbocycles. The number of rotatable bonds is 4. The predicted molar refractivity (Wildman–Crippen MR) is 107 cm³/mol. The molecule has 0 bridgehead atoms. The molecule has 5 rings (SSSR count). The molecule has 1 atom stereocenters. The van der Waals surface area contributed by atoms with Crippen molar-refractivity contribution in [1.29, 1.82) is 0 Å². The van der Waals surface area contributed by atoms with Gasteiger partial charge in [-0.3, -0.25) is 9.69 Å². The van der Waals surface area contributed by atoms with Crippen LogP contribution in [0.3, 0.4) is 0 Å². The number of hydrogen-bond donors (Lipinski definition) is 1. The average molecular weight is 427 g/mol. The van der Waals surface area contributed by atoms with Gasteiger partial charge in [-0.15, -0.1) is 0 Å². The van der Waals surface area contributed by atoms with E-state index in [1.165, 1.54) is 40.6 Å². The van der Waals surface area contributed by atoms with Gasteiger partial charge in [0.05, 0.1) is 17.2 Å². The van der Waals surface area contributed by atoms with Gasteiger partial charge >= 0.3 is 0 Å².